The average Bonchev–Trinajstić information content (AvgIpc) is 2.80. The van der Waals surface area contributed by atoms with Gasteiger partial charge in [0, 0.05) is 31.7 Å². The molecule has 0 bridgehead atoms. The Labute approximate surface area is 119 Å². The molecule has 2 rings (SSSR count). The third-order valence-electron chi connectivity index (χ3n) is 4.74. The number of rotatable bonds is 5. The lowest BCUT2D eigenvalue weighted by Crippen LogP contribution is -2.49. The van der Waals surface area contributed by atoms with Gasteiger partial charge in [-0.25, -0.2) is 0 Å². The predicted octanol–water partition coefficient (Wildman–Crippen LogP) is 2.20. The molecule has 0 spiro atoms. The van der Waals surface area contributed by atoms with Crippen molar-refractivity contribution in [2.75, 3.05) is 45.9 Å². The van der Waals surface area contributed by atoms with Crippen LogP contribution in [0.5, 0.6) is 0 Å². The summed E-state index contributed by atoms with van der Waals surface area (Å²) in [5.74, 6) is 0. The van der Waals surface area contributed by atoms with E-state index in [2.05, 4.69) is 30.6 Å². The van der Waals surface area contributed by atoms with Crippen LogP contribution in [-0.4, -0.2) is 60.8 Å². The normalized spacial score (nSPS) is 30.9. The lowest BCUT2D eigenvalue weighted by atomic mass is 9.81. The lowest BCUT2D eigenvalue weighted by Gasteiger charge is -2.43. The van der Waals surface area contributed by atoms with E-state index in [9.17, 15) is 5.11 Å². The van der Waals surface area contributed by atoms with Crippen molar-refractivity contribution < 1.29 is 5.11 Å². The van der Waals surface area contributed by atoms with Gasteiger partial charge in [0.15, 0.2) is 0 Å². The largest absolute Gasteiger partial charge is 0.396 e. The van der Waals surface area contributed by atoms with E-state index >= 15 is 0 Å². The molecule has 0 aliphatic carbocycles. The molecule has 2 fully saturated rings. The molecule has 2 aliphatic rings. The van der Waals surface area contributed by atoms with Crippen molar-refractivity contribution in [3.8, 4) is 0 Å². The fourth-order valence-electron chi connectivity index (χ4n) is 3.89. The molecular weight excluding hydrogens is 236 g/mol. The highest BCUT2D eigenvalue weighted by Gasteiger charge is 2.33. The van der Waals surface area contributed by atoms with Crippen molar-refractivity contribution in [2.45, 2.75) is 46.5 Å². The van der Waals surface area contributed by atoms with Crippen molar-refractivity contribution in [1.82, 2.24) is 9.80 Å². The molecule has 0 amide bonds. The summed E-state index contributed by atoms with van der Waals surface area (Å²) in [5, 5.41) is 9.56. The van der Waals surface area contributed by atoms with E-state index in [0.29, 0.717) is 12.0 Å². The Morgan fingerprint density at radius 2 is 1.58 bits per heavy atom. The molecule has 0 saturated carbocycles. The molecule has 2 aliphatic heterocycles. The van der Waals surface area contributed by atoms with Crippen LogP contribution >= 0.6 is 0 Å². The SMILES string of the molecule is CC(C)(CN1CCCC1)CN1CCCC(C)(CO)C1. The summed E-state index contributed by atoms with van der Waals surface area (Å²) in [5.41, 5.74) is 0.486. The molecule has 19 heavy (non-hydrogen) atoms. The minimum atomic E-state index is 0.127. The van der Waals surface area contributed by atoms with Gasteiger partial charge in [-0.15, -0.1) is 0 Å². The average molecular weight is 268 g/mol. The number of hydrogen-bond acceptors (Lipinski definition) is 3. The van der Waals surface area contributed by atoms with Gasteiger partial charge < -0.3 is 14.9 Å². The van der Waals surface area contributed by atoms with Crippen molar-refractivity contribution >= 4 is 0 Å². The topological polar surface area (TPSA) is 26.7 Å². The highest BCUT2D eigenvalue weighted by molar-refractivity contribution is 4.87. The van der Waals surface area contributed by atoms with Gasteiger partial charge in [0.05, 0.1) is 0 Å². The van der Waals surface area contributed by atoms with Crippen LogP contribution in [0.25, 0.3) is 0 Å². The third kappa shape index (κ3) is 4.44. The lowest BCUT2D eigenvalue weighted by molar-refractivity contribution is 0.0235. The maximum Gasteiger partial charge on any atom is 0.0497 e. The molecular formula is C16H32N2O. The summed E-state index contributed by atoms with van der Waals surface area (Å²) in [4.78, 5) is 5.20. The van der Waals surface area contributed by atoms with Gasteiger partial charge in [0.25, 0.3) is 0 Å². The van der Waals surface area contributed by atoms with Gasteiger partial charge in [-0.3, -0.25) is 0 Å². The van der Waals surface area contributed by atoms with Gasteiger partial charge in [0.1, 0.15) is 0 Å². The van der Waals surface area contributed by atoms with E-state index < -0.39 is 0 Å². The van der Waals surface area contributed by atoms with E-state index in [-0.39, 0.29) is 5.41 Å². The predicted molar refractivity (Wildman–Crippen MR) is 80.3 cm³/mol. The molecule has 0 aromatic carbocycles. The van der Waals surface area contributed by atoms with Crippen LogP contribution in [0.2, 0.25) is 0 Å². The Balaban J connectivity index is 1.84. The standard InChI is InChI=1S/C16H32N2O/c1-15(2,11-17-8-4-5-9-17)12-18-10-6-7-16(3,13-18)14-19/h19H,4-14H2,1-3H3. The number of aliphatic hydroxyl groups is 1. The molecule has 1 unspecified atom stereocenters. The number of piperidine rings is 1. The van der Waals surface area contributed by atoms with Gasteiger partial charge in [-0.1, -0.05) is 20.8 Å². The molecule has 0 radical (unpaired) electrons. The molecule has 3 heteroatoms. The van der Waals surface area contributed by atoms with E-state index in [1.807, 2.05) is 0 Å². The zero-order valence-electron chi connectivity index (χ0n) is 13.1. The number of aliphatic hydroxyl groups excluding tert-OH is 1. The summed E-state index contributed by atoms with van der Waals surface area (Å²) < 4.78 is 0. The number of hydrogen-bond donors (Lipinski definition) is 1. The summed E-state index contributed by atoms with van der Waals surface area (Å²) in [6, 6.07) is 0. The Bertz CT molecular complexity index is 286. The van der Waals surface area contributed by atoms with Gasteiger partial charge in [-0.05, 0) is 50.7 Å². The van der Waals surface area contributed by atoms with Gasteiger partial charge in [0.2, 0.25) is 0 Å². The number of nitrogens with zero attached hydrogens (tertiary/aromatic N) is 2. The monoisotopic (exact) mass is 268 g/mol. The van der Waals surface area contributed by atoms with Gasteiger partial charge in [-0.2, -0.15) is 0 Å². The zero-order valence-corrected chi connectivity index (χ0v) is 13.1. The molecule has 3 nitrogen and oxygen atoms in total. The van der Waals surface area contributed by atoms with Crippen LogP contribution in [0.1, 0.15) is 46.5 Å². The van der Waals surface area contributed by atoms with Crippen molar-refractivity contribution in [3.63, 3.8) is 0 Å². The van der Waals surface area contributed by atoms with Crippen LogP contribution in [0.3, 0.4) is 0 Å². The second kappa shape index (κ2) is 6.11. The van der Waals surface area contributed by atoms with E-state index in [4.69, 9.17) is 0 Å². The first kappa shape index (κ1) is 15.3. The molecule has 112 valence electrons. The zero-order chi connectivity index (χ0) is 13.9. The maximum absolute atomic E-state index is 9.56. The summed E-state index contributed by atoms with van der Waals surface area (Å²) >= 11 is 0. The van der Waals surface area contributed by atoms with E-state index in [1.165, 1.54) is 58.4 Å². The van der Waals surface area contributed by atoms with Crippen LogP contribution in [-0.2, 0) is 0 Å². The minimum absolute atomic E-state index is 0.127. The molecule has 0 aromatic heterocycles. The third-order valence-corrected chi connectivity index (χ3v) is 4.74. The highest BCUT2D eigenvalue weighted by Crippen LogP contribution is 2.31. The summed E-state index contributed by atoms with van der Waals surface area (Å²) in [6.45, 7) is 14.6. The van der Waals surface area contributed by atoms with Crippen molar-refractivity contribution in [3.05, 3.63) is 0 Å². The molecule has 1 atom stereocenters. The first-order chi connectivity index (χ1) is 8.92. The van der Waals surface area contributed by atoms with Gasteiger partial charge >= 0.3 is 0 Å². The molecule has 2 heterocycles. The highest BCUT2D eigenvalue weighted by atomic mass is 16.3. The Morgan fingerprint density at radius 1 is 1.00 bits per heavy atom. The second-order valence-electron chi connectivity index (χ2n) is 7.93. The van der Waals surface area contributed by atoms with E-state index in [1.54, 1.807) is 0 Å². The first-order valence-electron chi connectivity index (χ1n) is 7.98. The quantitative estimate of drug-likeness (QED) is 0.828. The molecule has 1 N–H and O–H groups in total. The van der Waals surface area contributed by atoms with E-state index in [0.717, 1.165) is 6.54 Å². The van der Waals surface area contributed by atoms with Crippen LogP contribution in [0.4, 0.5) is 0 Å². The van der Waals surface area contributed by atoms with Crippen LogP contribution in [0, 0.1) is 10.8 Å². The summed E-state index contributed by atoms with van der Waals surface area (Å²) in [6.07, 6.45) is 5.16. The fraction of sp³-hybridized carbons (Fsp3) is 1.00. The maximum atomic E-state index is 9.56. The Hall–Kier alpha value is -0.120. The van der Waals surface area contributed by atoms with Crippen molar-refractivity contribution in [1.29, 1.82) is 0 Å². The smallest absolute Gasteiger partial charge is 0.0497 e. The van der Waals surface area contributed by atoms with Crippen molar-refractivity contribution in [2.24, 2.45) is 10.8 Å². The Morgan fingerprint density at radius 3 is 2.21 bits per heavy atom. The molecule has 2 saturated heterocycles. The Kier molecular flexibility index (Phi) is 4.91. The second-order valence-corrected chi connectivity index (χ2v) is 7.93. The first-order valence-corrected chi connectivity index (χ1v) is 7.98. The van der Waals surface area contributed by atoms with Crippen LogP contribution in [0.15, 0.2) is 0 Å². The summed E-state index contributed by atoms with van der Waals surface area (Å²) in [7, 11) is 0. The minimum Gasteiger partial charge on any atom is -0.396 e. The fourth-order valence-corrected chi connectivity index (χ4v) is 3.89. The molecule has 0 aromatic rings. The number of likely N-dealkylation sites (tertiary alicyclic amines) is 2. The van der Waals surface area contributed by atoms with Crippen LogP contribution < -0.4 is 0 Å².